The van der Waals surface area contributed by atoms with Gasteiger partial charge in [0.25, 0.3) is 0 Å². The van der Waals surface area contributed by atoms with E-state index in [1.54, 1.807) is 0 Å². The second kappa shape index (κ2) is 2.70. The van der Waals surface area contributed by atoms with Gasteiger partial charge < -0.3 is 19.7 Å². The van der Waals surface area contributed by atoms with Crippen LogP contribution in [-0.2, 0) is 9.47 Å². The minimum atomic E-state index is -0.970. The van der Waals surface area contributed by atoms with Gasteiger partial charge in [0.2, 0.25) is 0 Å². The van der Waals surface area contributed by atoms with Crippen LogP contribution in [0.3, 0.4) is 0 Å². The van der Waals surface area contributed by atoms with Crippen molar-refractivity contribution in [2.45, 2.75) is 17.7 Å². The first-order chi connectivity index (χ1) is 5.69. The molecule has 2 fully saturated rings. The van der Waals surface area contributed by atoms with Gasteiger partial charge in [-0.25, -0.2) is 0 Å². The van der Waals surface area contributed by atoms with E-state index < -0.39 is 17.7 Å². The van der Waals surface area contributed by atoms with E-state index in [-0.39, 0.29) is 19.1 Å². The molecular weight excluding hydrogens is 159 g/mol. The molecule has 0 saturated carbocycles. The highest BCUT2D eigenvalue weighted by molar-refractivity contribution is 6.11. The van der Waals surface area contributed by atoms with Crippen LogP contribution >= 0.6 is 0 Å². The molecule has 66 valence electrons. The molecular formula is C7H11BO4. The molecule has 4 atom stereocenters. The molecule has 5 heteroatoms. The molecule has 2 bridgehead atoms. The Bertz CT molecular complexity index is 188. The normalized spacial score (nSPS) is 52.7. The van der Waals surface area contributed by atoms with Crippen molar-refractivity contribution in [3.63, 3.8) is 0 Å². The topological polar surface area (TPSA) is 58.9 Å². The number of aliphatic hydroxyl groups is 2. The summed E-state index contributed by atoms with van der Waals surface area (Å²) in [5, 5.41) is 18.7. The van der Waals surface area contributed by atoms with Gasteiger partial charge in [-0.05, 0) is 0 Å². The Morgan fingerprint density at radius 1 is 1.58 bits per heavy atom. The molecule has 2 saturated heterocycles. The van der Waals surface area contributed by atoms with Crippen molar-refractivity contribution >= 4 is 7.85 Å². The van der Waals surface area contributed by atoms with Gasteiger partial charge in [0, 0.05) is 11.9 Å². The highest BCUT2D eigenvalue weighted by Gasteiger charge is 2.55. The van der Waals surface area contributed by atoms with Gasteiger partial charge in [-0.3, -0.25) is 0 Å². The van der Waals surface area contributed by atoms with Crippen molar-refractivity contribution in [3.05, 3.63) is 0 Å². The van der Waals surface area contributed by atoms with E-state index in [0.717, 1.165) is 0 Å². The lowest BCUT2D eigenvalue weighted by atomic mass is 9.81. The van der Waals surface area contributed by atoms with Crippen LogP contribution in [-0.4, -0.2) is 55.6 Å². The van der Waals surface area contributed by atoms with Gasteiger partial charge in [-0.15, -0.1) is 0 Å². The van der Waals surface area contributed by atoms with Crippen molar-refractivity contribution in [2.75, 3.05) is 19.8 Å². The molecule has 2 aliphatic rings. The Kier molecular flexibility index (Phi) is 1.91. The van der Waals surface area contributed by atoms with Crippen LogP contribution in [0.2, 0.25) is 0 Å². The average Bonchev–Trinajstić information content (AvgIpc) is 2.23. The molecule has 2 heterocycles. The first-order valence-electron chi connectivity index (χ1n) is 4.00. The van der Waals surface area contributed by atoms with Gasteiger partial charge in [0.1, 0.15) is 13.4 Å². The predicted octanol–water partition coefficient (Wildman–Crippen LogP) is -1.75. The maximum Gasteiger partial charge on any atom is 0.140 e. The Balaban J connectivity index is 2.24. The molecule has 0 aromatic heterocycles. The van der Waals surface area contributed by atoms with Crippen LogP contribution in [0.15, 0.2) is 0 Å². The van der Waals surface area contributed by atoms with Crippen LogP contribution < -0.4 is 0 Å². The van der Waals surface area contributed by atoms with Gasteiger partial charge in [0.15, 0.2) is 0 Å². The largest absolute Gasteiger partial charge is 0.393 e. The second-order valence-corrected chi connectivity index (χ2v) is 3.43. The fourth-order valence-electron chi connectivity index (χ4n) is 1.85. The van der Waals surface area contributed by atoms with E-state index >= 15 is 0 Å². The minimum absolute atomic E-state index is 0.203. The lowest BCUT2D eigenvalue weighted by molar-refractivity contribution is -0.153. The summed E-state index contributed by atoms with van der Waals surface area (Å²) in [7, 11) is 5.60. The van der Waals surface area contributed by atoms with E-state index in [2.05, 4.69) is 0 Å². The zero-order chi connectivity index (χ0) is 8.77. The number of rotatable bonds is 1. The number of aliphatic hydroxyl groups excluding tert-OH is 2. The Labute approximate surface area is 71.9 Å². The molecule has 4 nitrogen and oxygen atoms in total. The summed E-state index contributed by atoms with van der Waals surface area (Å²) in [6.07, 6.45) is -0.703. The molecule has 0 aromatic rings. The zero-order valence-corrected chi connectivity index (χ0v) is 6.64. The average molecular weight is 170 g/mol. The van der Waals surface area contributed by atoms with Crippen LogP contribution in [0.4, 0.5) is 0 Å². The summed E-state index contributed by atoms with van der Waals surface area (Å²) in [5.74, 6) is -0.203. The van der Waals surface area contributed by atoms with E-state index in [1.165, 1.54) is 0 Å². The summed E-state index contributed by atoms with van der Waals surface area (Å²) >= 11 is 0. The molecule has 2 N–H and O–H groups in total. The zero-order valence-electron chi connectivity index (χ0n) is 6.64. The number of fused-ring (bicyclic) bond motifs is 2. The highest BCUT2D eigenvalue weighted by atomic mass is 16.6. The molecule has 2 radical (unpaired) electrons. The fraction of sp³-hybridized carbons (Fsp3) is 1.00. The lowest BCUT2D eigenvalue weighted by Gasteiger charge is -2.34. The summed E-state index contributed by atoms with van der Waals surface area (Å²) < 4.78 is 10.5. The maximum absolute atomic E-state index is 9.68. The smallest absolute Gasteiger partial charge is 0.140 e. The minimum Gasteiger partial charge on any atom is -0.393 e. The quantitative estimate of drug-likeness (QED) is 0.458. The lowest BCUT2D eigenvalue weighted by Crippen LogP contribution is -2.52. The van der Waals surface area contributed by atoms with Crippen molar-refractivity contribution in [1.82, 2.24) is 0 Å². The van der Waals surface area contributed by atoms with E-state index in [4.69, 9.17) is 22.4 Å². The standard InChI is InChI=1S/C7H11BO4/c8-6-4-1-11-3-7(2-9,12-6)5(4)10/h4-6,9-10H,1-3H2/t4-,5+,6?,7?/m0/s1. The summed E-state index contributed by atoms with van der Waals surface area (Å²) in [6.45, 7) is 0.372. The van der Waals surface area contributed by atoms with Crippen molar-refractivity contribution in [1.29, 1.82) is 0 Å². The molecule has 0 amide bonds. The van der Waals surface area contributed by atoms with Crippen molar-refractivity contribution in [3.8, 4) is 0 Å². The Hall–Kier alpha value is -0.0951. The molecule has 0 spiro atoms. The molecule has 2 aliphatic heterocycles. The first-order valence-corrected chi connectivity index (χ1v) is 4.00. The van der Waals surface area contributed by atoms with Crippen LogP contribution in [0, 0.1) is 5.92 Å². The van der Waals surface area contributed by atoms with Gasteiger partial charge in [0.05, 0.1) is 25.9 Å². The third kappa shape index (κ3) is 0.940. The predicted molar refractivity (Wildman–Crippen MR) is 40.8 cm³/mol. The van der Waals surface area contributed by atoms with E-state index in [1.807, 2.05) is 0 Å². The number of ether oxygens (including phenoxy) is 2. The van der Waals surface area contributed by atoms with E-state index in [0.29, 0.717) is 6.61 Å². The third-order valence-corrected chi connectivity index (χ3v) is 2.66. The van der Waals surface area contributed by atoms with Crippen LogP contribution in [0.1, 0.15) is 0 Å². The molecule has 12 heavy (non-hydrogen) atoms. The maximum atomic E-state index is 9.68. The second-order valence-electron chi connectivity index (χ2n) is 3.43. The van der Waals surface area contributed by atoms with Gasteiger partial charge in [-0.1, -0.05) is 0 Å². The van der Waals surface area contributed by atoms with E-state index in [9.17, 15) is 5.11 Å². The Morgan fingerprint density at radius 2 is 2.33 bits per heavy atom. The summed E-state index contributed by atoms with van der Waals surface area (Å²) in [6, 6.07) is -0.519. The number of hydrogen-bond acceptors (Lipinski definition) is 4. The SMILES string of the molecule is [B]C1OC2(CO)COC[C@H]1[C@H]2O. The van der Waals surface area contributed by atoms with Crippen molar-refractivity contribution in [2.24, 2.45) is 5.92 Å². The fourth-order valence-corrected chi connectivity index (χ4v) is 1.85. The molecule has 0 aromatic carbocycles. The molecule has 0 aliphatic carbocycles. The van der Waals surface area contributed by atoms with Crippen LogP contribution in [0.5, 0.6) is 0 Å². The monoisotopic (exact) mass is 170 g/mol. The van der Waals surface area contributed by atoms with Crippen LogP contribution in [0.25, 0.3) is 0 Å². The number of hydrogen-bond donors (Lipinski definition) is 2. The summed E-state index contributed by atoms with van der Waals surface area (Å²) in [5.41, 5.74) is -0.970. The third-order valence-electron chi connectivity index (χ3n) is 2.66. The van der Waals surface area contributed by atoms with Crippen molar-refractivity contribution < 1.29 is 19.7 Å². The summed E-state index contributed by atoms with van der Waals surface area (Å²) in [4.78, 5) is 0. The highest BCUT2D eigenvalue weighted by Crippen LogP contribution is 2.38. The first kappa shape index (κ1) is 8.50. The molecule has 2 rings (SSSR count). The Morgan fingerprint density at radius 3 is 2.92 bits per heavy atom. The molecule has 2 unspecified atom stereocenters. The van der Waals surface area contributed by atoms with Gasteiger partial charge in [-0.2, -0.15) is 0 Å². The van der Waals surface area contributed by atoms with Gasteiger partial charge >= 0.3 is 0 Å².